The number of hydrogen-bond donors (Lipinski definition) is 2. The maximum atomic E-state index is 13.2. The molecule has 0 unspecified atom stereocenters. The van der Waals surface area contributed by atoms with E-state index in [1.54, 1.807) is 11.9 Å². The van der Waals surface area contributed by atoms with Crippen molar-refractivity contribution in [2.45, 2.75) is 6.18 Å². The second-order valence-corrected chi connectivity index (χ2v) is 6.39. The fourth-order valence-corrected chi connectivity index (χ4v) is 3.35. The van der Waals surface area contributed by atoms with Gasteiger partial charge in [-0.2, -0.15) is 13.2 Å². The monoisotopic (exact) mass is 379 g/mol. The molecule has 26 heavy (non-hydrogen) atoms. The average Bonchev–Trinajstić information content (AvgIpc) is 2.93. The number of halogens is 4. The highest BCUT2D eigenvalue weighted by molar-refractivity contribution is 6.31. The van der Waals surface area contributed by atoms with Gasteiger partial charge in [-0.1, -0.05) is 35.9 Å². The zero-order valence-corrected chi connectivity index (χ0v) is 14.2. The highest BCUT2D eigenvalue weighted by atomic mass is 35.5. The predicted octanol–water partition coefficient (Wildman–Crippen LogP) is 2.90. The van der Waals surface area contributed by atoms with Gasteiger partial charge in [0, 0.05) is 23.7 Å². The lowest BCUT2D eigenvalue weighted by molar-refractivity contribution is -0.137. The van der Waals surface area contributed by atoms with E-state index in [1.807, 2.05) is 30.5 Å². The van der Waals surface area contributed by atoms with Gasteiger partial charge in [0.25, 0.3) is 0 Å². The Labute approximate surface area is 151 Å². The number of nitrogens with zero attached hydrogens (tertiary/aromatic N) is 2. The van der Waals surface area contributed by atoms with Gasteiger partial charge in [-0.05, 0) is 18.2 Å². The minimum Gasteiger partial charge on any atom is -0.492 e. The zero-order valence-electron chi connectivity index (χ0n) is 13.5. The summed E-state index contributed by atoms with van der Waals surface area (Å²) >= 11 is 5.68. The first-order chi connectivity index (χ1) is 12.3. The molecule has 0 atom stereocenters. The average molecular weight is 380 g/mol. The molecule has 2 aliphatic rings. The van der Waals surface area contributed by atoms with Crippen LogP contribution in [0.3, 0.4) is 0 Å². The summed E-state index contributed by atoms with van der Waals surface area (Å²) in [6.07, 6.45) is -2.74. The highest BCUT2D eigenvalue weighted by Gasteiger charge is 2.36. The third-order valence-corrected chi connectivity index (χ3v) is 4.64. The van der Waals surface area contributed by atoms with Crippen LogP contribution < -0.4 is 20.9 Å². The first kappa shape index (κ1) is 16.7. The van der Waals surface area contributed by atoms with Gasteiger partial charge in [0.2, 0.25) is 5.88 Å². The molecule has 0 amide bonds. The van der Waals surface area contributed by atoms with E-state index in [1.165, 1.54) is 11.1 Å². The quantitative estimate of drug-likeness (QED) is 0.799. The summed E-state index contributed by atoms with van der Waals surface area (Å²) in [7, 11) is 1.76. The molecule has 4 nitrogen and oxygen atoms in total. The molecule has 0 aliphatic carbocycles. The largest absolute Gasteiger partial charge is 0.492 e. The van der Waals surface area contributed by atoms with Crippen molar-refractivity contribution in [2.75, 3.05) is 12.1 Å². The van der Waals surface area contributed by atoms with Gasteiger partial charge in [-0.15, -0.1) is 0 Å². The third-order valence-electron chi connectivity index (χ3n) is 4.31. The summed E-state index contributed by atoms with van der Waals surface area (Å²) < 4.78 is 39.5. The smallest absolute Gasteiger partial charge is 0.417 e. The minimum absolute atomic E-state index is 0.125. The number of hydrogen-bond acceptors (Lipinski definition) is 4. The van der Waals surface area contributed by atoms with Gasteiger partial charge in [0.15, 0.2) is 0 Å². The molecule has 2 aliphatic heterocycles. The van der Waals surface area contributed by atoms with E-state index in [4.69, 9.17) is 11.6 Å². The van der Waals surface area contributed by atoms with E-state index in [0.29, 0.717) is 11.4 Å². The summed E-state index contributed by atoms with van der Waals surface area (Å²) in [6, 6.07) is 11.0. The van der Waals surface area contributed by atoms with Crippen LogP contribution in [0.4, 0.5) is 18.9 Å². The molecule has 2 N–H and O–H groups in total. The summed E-state index contributed by atoms with van der Waals surface area (Å²) in [5.41, 5.74) is 3.26. The lowest BCUT2D eigenvalue weighted by Gasteiger charge is -2.21. The Morgan fingerprint density at radius 2 is 1.85 bits per heavy atom. The number of hydrazine groups is 1. The van der Waals surface area contributed by atoms with Crippen molar-refractivity contribution in [3.05, 3.63) is 75.1 Å². The topological polar surface area (TPSA) is 38.7 Å². The molecule has 2 heterocycles. The Balaban J connectivity index is 1.87. The Morgan fingerprint density at radius 1 is 1.12 bits per heavy atom. The van der Waals surface area contributed by atoms with E-state index < -0.39 is 16.8 Å². The lowest BCUT2D eigenvalue weighted by Crippen LogP contribution is -2.40. The third kappa shape index (κ3) is 2.47. The first-order valence-corrected chi connectivity index (χ1v) is 8.06. The van der Waals surface area contributed by atoms with E-state index in [0.717, 1.165) is 22.6 Å². The number of anilines is 1. The number of fused-ring (bicyclic) bond motifs is 2. The van der Waals surface area contributed by atoms with E-state index >= 15 is 0 Å². The number of benzene rings is 2. The Hall–Kier alpha value is -2.80. The van der Waals surface area contributed by atoms with Crippen molar-refractivity contribution in [2.24, 2.45) is 0 Å². The van der Waals surface area contributed by atoms with Gasteiger partial charge in [-0.25, -0.2) is 5.01 Å². The molecule has 0 saturated heterocycles. The van der Waals surface area contributed by atoms with Gasteiger partial charge >= 0.3 is 6.18 Å². The van der Waals surface area contributed by atoms with Crippen LogP contribution in [0.25, 0.3) is 11.9 Å². The number of alkyl halides is 3. The fourth-order valence-electron chi connectivity index (χ4n) is 3.12. The summed E-state index contributed by atoms with van der Waals surface area (Å²) in [4.78, 5) is 1.72. The molecule has 0 bridgehead atoms. The maximum Gasteiger partial charge on any atom is 0.417 e. The minimum atomic E-state index is -4.59. The molecule has 2 aromatic carbocycles. The number of rotatable bonds is 1. The van der Waals surface area contributed by atoms with Crippen molar-refractivity contribution in [3.8, 4) is 0 Å². The molecular weight excluding hydrogens is 367 g/mol. The van der Waals surface area contributed by atoms with Gasteiger partial charge in [0.05, 0.1) is 22.0 Å². The van der Waals surface area contributed by atoms with Crippen LogP contribution in [0.1, 0.15) is 5.56 Å². The molecule has 0 radical (unpaired) electrons. The van der Waals surface area contributed by atoms with Crippen molar-refractivity contribution in [1.29, 1.82) is 0 Å². The van der Waals surface area contributed by atoms with E-state index in [9.17, 15) is 18.3 Å². The summed E-state index contributed by atoms with van der Waals surface area (Å²) in [6.45, 7) is 0. The molecule has 0 spiro atoms. The number of aliphatic hydroxyl groups excluding tert-OH is 1. The van der Waals surface area contributed by atoms with E-state index in [2.05, 4.69) is 5.43 Å². The lowest BCUT2D eigenvalue weighted by atomic mass is 10.1. The van der Waals surface area contributed by atoms with Crippen LogP contribution in [0.15, 0.2) is 54.0 Å². The number of likely N-dealkylation sites (N-methyl/N-ethyl adjacent to an activating group) is 1. The highest BCUT2D eigenvalue weighted by Crippen LogP contribution is 2.38. The molecule has 4 rings (SSSR count). The molecule has 0 fully saturated rings. The molecule has 8 heteroatoms. The summed E-state index contributed by atoms with van der Waals surface area (Å²) in [5, 5.41) is 13.2. The normalized spacial score (nSPS) is 16.3. The van der Waals surface area contributed by atoms with Gasteiger partial charge < -0.3 is 10.0 Å². The molecule has 134 valence electrons. The molecular formula is C18H13ClF3N3O. The van der Waals surface area contributed by atoms with Crippen LogP contribution in [-0.2, 0) is 6.18 Å². The Morgan fingerprint density at radius 3 is 2.58 bits per heavy atom. The van der Waals surface area contributed by atoms with Gasteiger partial charge in [0.1, 0.15) is 5.70 Å². The van der Waals surface area contributed by atoms with Crippen molar-refractivity contribution in [1.82, 2.24) is 10.3 Å². The Kier molecular flexibility index (Phi) is 3.59. The second kappa shape index (κ2) is 5.60. The van der Waals surface area contributed by atoms with E-state index in [-0.39, 0.29) is 11.6 Å². The number of nitrogens with one attached hydrogen (secondary N) is 1. The predicted molar refractivity (Wildman–Crippen MR) is 93.1 cm³/mol. The van der Waals surface area contributed by atoms with Crippen LogP contribution in [-0.4, -0.2) is 17.1 Å². The van der Waals surface area contributed by atoms with Crippen molar-refractivity contribution >= 4 is 29.2 Å². The molecule has 0 aromatic heterocycles. The molecule has 2 aromatic rings. The summed E-state index contributed by atoms with van der Waals surface area (Å²) in [5.74, 6) is -0.191. The Bertz CT molecular complexity index is 1060. The molecule has 0 saturated carbocycles. The number of aliphatic hydroxyl groups is 1. The zero-order chi connectivity index (χ0) is 18.6. The SMILES string of the molecule is CN1C=c2ccccc2=C2NN(c3ccc(Cl)c(C(F)(F)F)c3)C(O)=C21. The maximum absolute atomic E-state index is 13.2. The van der Waals surface area contributed by atoms with Crippen LogP contribution >= 0.6 is 11.6 Å². The fraction of sp³-hybridized carbons (Fsp3) is 0.111. The van der Waals surface area contributed by atoms with Crippen LogP contribution in [0, 0.1) is 0 Å². The van der Waals surface area contributed by atoms with Crippen molar-refractivity contribution in [3.63, 3.8) is 0 Å². The first-order valence-electron chi connectivity index (χ1n) is 7.68. The van der Waals surface area contributed by atoms with Crippen molar-refractivity contribution < 1.29 is 18.3 Å². The second-order valence-electron chi connectivity index (χ2n) is 5.98. The van der Waals surface area contributed by atoms with Crippen LogP contribution in [0.5, 0.6) is 0 Å². The standard InChI is InChI=1S/C18H13ClF3N3O/c1-24-9-10-4-2-3-5-12(10)15-16(24)17(26)25(23-15)11-6-7-14(19)13(8-11)18(20,21)22/h2-9,23,26H,1H3. The van der Waals surface area contributed by atoms with Gasteiger partial charge in [-0.3, -0.25) is 5.43 Å². The van der Waals surface area contributed by atoms with Crippen LogP contribution in [0.2, 0.25) is 5.02 Å².